The Morgan fingerprint density at radius 2 is 1.85 bits per heavy atom. The van der Waals surface area contributed by atoms with Gasteiger partial charge in [-0.05, 0) is 30.5 Å². The van der Waals surface area contributed by atoms with Crippen molar-refractivity contribution < 1.29 is 10.0 Å². The van der Waals surface area contributed by atoms with E-state index in [4.69, 9.17) is 0 Å². The second-order valence-corrected chi connectivity index (χ2v) is 6.24. The minimum absolute atomic E-state index is 0.000226. The van der Waals surface area contributed by atoms with E-state index in [0.717, 1.165) is 25.1 Å². The average Bonchev–Trinajstić information content (AvgIpc) is 2.67. The Balaban J connectivity index is 1.78. The van der Waals surface area contributed by atoms with E-state index in [1.54, 1.807) is 24.3 Å². The zero-order valence-electron chi connectivity index (χ0n) is 14.0. The van der Waals surface area contributed by atoms with Gasteiger partial charge in [0.15, 0.2) is 0 Å². The monoisotopic (exact) mass is 347 g/mol. The zero-order valence-corrected chi connectivity index (χ0v) is 14.0. The van der Waals surface area contributed by atoms with Crippen LogP contribution < -0.4 is 5.01 Å². The maximum atomic E-state index is 11.4. The van der Waals surface area contributed by atoms with E-state index in [0.29, 0.717) is 16.3 Å². The highest BCUT2D eigenvalue weighted by Crippen LogP contribution is 2.35. The number of phenolic OH excluding ortho intramolecular Hbond substituents is 1. The largest absolute Gasteiger partial charge is 0.507 e. The summed E-state index contributed by atoms with van der Waals surface area (Å²) >= 11 is 0. The van der Waals surface area contributed by atoms with E-state index >= 15 is 0 Å². The summed E-state index contributed by atoms with van der Waals surface area (Å²) in [6, 6.07) is 16.2. The smallest absolute Gasteiger partial charge is 0.278 e. The first-order valence-electron chi connectivity index (χ1n) is 8.43. The lowest BCUT2D eigenvalue weighted by Crippen LogP contribution is -2.24. The number of aryl methyl sites for hydroxylation is 1. The summed E-state index contributed by atoms with van der Waals surface area (Å²) < 4.78 is 0. The number of para-hydroxylation sites is 1. The molecule has 6 heteroatoms. The number of hydrogen-bond acceptors (Lipinski definition) is 5. The molecule has 4 rings (SSSR count). The molecule has 1 heterocycles. The minimum atomic E-state index is -0.435. The molecule has 0 fully saturated rings. The van der Waals surface area contributed by atoms with Gasteiger partial charge in [0.05, 0.1) is 22.2 Å². The molecule has 0 aliphatic carbocycles. The molecular weight excluding hydrogens is 330 g/mol. The summed E-state index contributed by atoms with van der Waals surface area (Å²) in [5.74, 6) is 0.000226. The lowest BCUT2D eigenvalue weighted by molar-refractivity contribution is -0.383. The van der Waals surface area contributed by atoms with Gasteiger partial charge in [0, 0.05) is 23.6 Å². The number of nitro benzene ring substituents is 1. The van der Waals surface area contributed by atoms with Crippen molar-refractivity contribution in [3.8, 4) is 5.75 Å². The number of nitrogens with zero attached hydrogens (tertiary/aromatic N) is 3. The van der Waals surface area contributed by atoms with E-state index in [1.165, 1.54) is 17.8 Å². The van der Waals surface area contributed by atoms with Gasteiger partial charge in [-0.15, -0.1) is 0 Å². The molecule has 0 unspecified atom stereocenters. The first kappa shape index (κ1) is 16.1. The number of hydrazone groups is 1. The Hall–Kier alpha value is -3.41. The Morgan fingerprint density at radius 1 is 1.12 bits per heavy atom. The van der Waals surface area contributed by atoms with Crippen LogP contribution in [0.2, 0.25) is 0 Å². The number of rotatable bonds is 3. The maximum absolute atomic E-state index is 11.4. The molecule has 6 nitrogen and oxygen atoms in total. The predicted octanol–water partition coefficient (Wildman–Crippen LogP) is 4.24. The van der Waals surface area contributed by atoms with E-state index < -0.39 is 4.92 Å². The van der Waals surface area contributed by atoms with E-state index in [-0.39, 0.29) is 11.4 Å². The van der Waals surface area contributed by atoms with Crippen molar-refractivity contribution in [3.63, 3.8) is 0 Å². The summed E-state index contributed by atoms with van der Waals surface area (Å²) in [5, 5.41) is 29.2. The lowest BCUT2D eigenvalue weighted by atomic mass is 10.0. The molecule has 1 aliphatic heterocycles. The van der Waals surface area contributed by atoms with Crippen molar-refractivity contribution in [1.29, 1.82) is 0 Å². The second kappa shape index (κ2) is 6.48. The van der Waals surface area contributed by atoms with E-state index in [1.807, 2.05) is 23.2 Å². The molecule has 0 aromatic heterocycles. The van der Waals surface area contributed by atoms with Crippen LogP contribution in [0.5, 0.6) is 5.75 Å². The van der Waals surface area contributed by atoms with Gasteiger partial charge in [0.1, 0.15) is 5.75 Å². The van der Waals surface area contributed by atoms with Gasteiger partial charge in [-0.2, -0.15) is 5.10 Å². The molecule has 0 spiro atoms. The van der Waals surface area contributed by atoms with Crippen LogP contribution in [0.4, 0.5) is 11.4 Å². The molecule has 1 aliphatic rings. The van der Waals surface area contributed by atoms with E-state index in [9.17, 15) is 15.2 Å². The highest BCUT2D eigenvalue weighted by Gasteiger charge is 2.19. The van der Waals surface area contributed by atoms with Crippen molar-refractivity contribution in [2.75, 3.05) is 11.6 Å². The van der Waals surface area contributed by atoms with Crippen LogP contribution >= 0.6 is 0 Å². The number of aromatic hydroxyl groups is 1. The first-order valence-corrected chi connectivity index (χ1v) is 8.43. The fourth-order valence-electron chi connectivity index (χ4n) is 3.38. The third-order valence-corrected chi connectivity index (χ3v) is 4.64. The fourth-order valence-corrected chi connectivity index (χ4v) is 3.38. The number of anilines is 1. The minimum Gasteiger partial charge on any atom is -0.507 e. The number of benzene rings is 3. The summed E-state index contributed by atoms with van der Waals surface area (Å²) in [6.45, 7) is 0.768. The molecular formula is C20H17N3O3. The third kappa shape index (κ3) is 2.75. The fraction of sp³-hybridized carbons (Fsp3) is 0.150. The third-order valence-electron chi connectivity index (χ3n) is 4.64. The summed E-state index contributed by atoms with van der Waals surface area (Å²) in [6.07, 6.45) is 3.49. The van der Waals surface area contributed by atoms with Crippen molar-refractivity contribution >= 4 is 28.4 Å². The van der Waals surface area contributed by atoms with Gasteiger partial charge in [0.25, 0.3) is 5.69 Å². The molecule has 0 saturated heterocycles. The van der Waals surface area contributed by atoms with Crippen LogP contribution in [-0.4, -0.2) is 22.8 Å². The highest BCUT2D eigenvalue weighted by atomic mass is 16.6. The van der Waals surface area contributed by atoms with Crippen LogP contribution in [0.25, 0.3) is 10.8 Å². The molecule has 130 valence electrons. The van der Waals surface area contributed by atoms with Crippen molar-refractivity contribution in [1.82, 2.24) is 0 Å². The molecule has 1 N–H and O–H groups in total. The highest BCUT2D eigenvalue weighted by molar-refractivity contribution is 6.02. The van der Waals surface area contributed by atoms with Crippen LogP contribution in [0.3, 0.4) is 0 Å². The quantitative estimate of drug-likeness (QED) is 0.437. The number of phenols is 1. The number of fused-ring (bicyclic) bond motifs is 2. The van der Waals surface area contributed by atoms with Gasteiger partial charge >= 0.3 is 0 Å². The average molecular weight is 347 g/mol. The number of hydrogen-bond donors (Lipinski definition) is 1. The van der Waals surface area contributed by atoms with Gasteiger partial charge in [-0.25, -0.2) is 0 Å². The van der Waals surface area contributed by atoms with Gasteiger partial charge in [0.2, 0.25) is 0 Å². The molecule has 0 radical (unpaired) electrons. The molecule has 3 aromatic rings. The van der Waals surface area contributed by atoms with E-state index in [2.05, 4.69) is 11.2 Å². The first-order chi connectivity index (χ1) is 12.6. The Bertz CT molecular complexity index is 1030. The van der Waals surface area contributed by atoms with Gasteiger partial charge in [-0.3, -0.25) is 15.1 Å². The van der Waals surface area contributed by atoms with Crippen molar-refractivity contribution in [3.05, 3.63) is 75.8 Å². The Labute approximate surface area is 150 Å². The Morgan fingerprint density at radius 3 is 2.65 bits per heavy atom. The molecule has 3 aromatic carbocycles. The molecule has 0 saturated carbocycles. The van der Waals surface area contributed by atoms with Crippen LogP contribution in [0.15, 0.2) is 59.7 Å². The normalized spacial score (nSPS) is 13.9. The van der Waals surface area contributed by atoms with Crippen molar-refractivity contribution in [2.45, 2.75) is 12.8 Å². The molecule has 0 bridgehead atoms. The SMILES string of the molecule is O=[N+]([O-])c1cc(/C=N/N2CCCc3ccccc32)c(O)c2ccccc12. The van der Waals surface area contributed by atoms with Gasteiger partial charge in [-0.1, -0.05) is 36.4 Å². The van der Waals surface area contributed by atoms with Crippen LogP contribution in [0, 0.1) is 10.1 Å². The standard InChI is InChI=1S/C20H17N3O3/c24-20-15(12-19(23(25)26)16-8-2-3-9-17(16)20)13-21-22-11-5-7-14-6-1-4-10-18(14)22/h1-4,6,8-10,12-13,24H,5,7,11H2/b21-13+. The molecule has 0 atom stereocenters. The predicted molar refractivity (Wildman–Crippen MR) is 102 cm³/mol. The summed E-state index contributed by atoms with van der Waals surface area (Å²) in [7, 11) is 0. The van der Waals surface area contributed by atoms with Crippen molar-refractivity contribution in [2.24, 2.45) is 5.10 Å². The zero-order chi connectivity index (χ0) is 18.1. The van der Waals surface area contributed by atoms with Gasteiger partial charge < -0.3 is 5.11 Å². The van der Waals surface area contributed by atoms with Crippen LogP contribution in [-0.2, 0) is 6.42 Å². The lowest BCUT2D eigenvalue weighted by Gasteiger charge is -2.26. The number of nitro groups is 1. The number of non-ortho nitro benzene ring substituents is 1. The summed E-state index contributed by atoms with van der Waals surface area (Å²) in [4.78, 5) is 11.0. The second-order valence-electron chi connectivity index (χ2n) is 6.24. The van der Waals surface area contributed by atoms with Crippen LogP contribution in [0.1, 0.15) is 17.5 Å². The maximum Gasteiger partial charge on any atom is 0.278 e. The molecule has 0 amide bonds. The summed E-state index contributed by atoms with van der Waals surface area (Å²) in [5.41, 5.74) is 2.55. The Kier molecular flexibility index (Phi) is 4.01. The molecule has 26 heavy (non-hydrogen) atoms. The topological polar surface area (TPSA) is 79.0 Å².